The van der Waals surface area contributed by atoms with Crippen LogP contribution in [0.15, 0.2) is 30.3 Å². The van der Waals surface area contributed by atoms with Crippen molar-refractivity contribution in [2.24, 2.45) is 0 Å². The lowest BCUT2D eigenvalue weighted by atomic mass is 10.0. The summed E-state index contributed by atoms with van der Waals surface area (Å²) in [5.74, 6) is -0.0536. The first kappa shape index (κ1) is 19.2. The van der Waals surface area contributed by atoms with E-state index in [1.165, 1.54) is 0 Å². The number of alkyl carbamates (subject to hydrolysis) is 1. The van der Waals surface area contributed by atoms with E-state index in [2.05, 4.69) is 5.32 Å². The van der Waals surface area contributed by atoms with Gasteiger partial charge in [-0.1, -0.05) is 30.3 Å². The third kappa shape index (κ3) is 6.36. The predicted molar refractivity (Wildman–Crippen MR) is 92.0 cm³/mol. The smallest absolute Gasteiger partial charge is 0.407 e. The lowest BCUT2D eigenvalue weighted by Gasteiger charge is -2.31. The number of nitrogens with zero attached hydrogens (tertiary/aromatic N) is 1. The normalized spacial score (nSPS) is 19.9. The summed E-state index contributed by atoms with van der Waals surface area (Å²) in [5.41, 5.74) is 0.933. The first-order valence-electron chi connectivity index (χ1n) is 8.43. The Hall–Kier alpha value is -2.12. The summed E-state index contributed by atoms with van der Waals surface area (Å²) in [6, 6.07) is 9.35. The molecule has 0 aliphatic carbocycles. The monoisotopic (exact) mass is 350 g/mol. The van der Waals surface area contributed by atoms with Gasteiger partial charge in [0, 0.05) is 20.7 Å². The molecule has 0 bridgehead atoms. The average molecular weight is 350 g/mol. The zero-order valence-corrected chi connectivity index (χ0v) is 14.8. The molecular formula is C18H26N2O5. The second kappa shape index (κ2) is 10.0. The molecule has 7 heteroatoms. The average Bonchev–Trinajstić information content (AvgIpc) is 2.65. The Kier molecular flexibility index (Phi) is 7.69. The van der Waals surface area contributed by atoms with E-state index >= 15 is 0 Å². The van der Waals surface area contributed by atoms with E-state index in [9.17, 15) is 9.59 Å². The van der Waals surface area contributed by atoms with Crippen molar-refractivity contribution in [1.82, 2.24) is 10.2 Å². The number of carbonyl (C=O) groups excluding carboxylic acids is 2. The minimum atomic E-state index is -0.473. The molecule has 1 aliphatic heterocycles. The standard InChI is InChI=1S/C18H26N2O5/c1-20(10-11-23-2)17(21)16-9-8-15(13-24-16)19-18(22)25-12-14-6-4-3-5-7-14/h3-7,15-16H,8-13H2,1-2H3,(H,19,22)/t15-,16+/m1/s1. The Morgan fingerprint density at radius 1 is 1.28 bits per heavy atom. The second-order valence-electron chi connectivity index (χ2n) is 6.05. The number of nitrogens with one attached hydrogen (secondary N) is 1. The summed E-state index contributed by atoms with van der Waals surface area (Å²) in [4.78, 5) is 25.7. The fourth-order valence-electron chi connectivity index (χ4n) is 2.58. The van der Waals surface area contributed by atoms with Gasteiger partial charge in [0.25, 0.3) is 5.91 Å². The summed E-state index contributed by atoms with van der Waals surface area (Å²) in [6.45, 7) is 1.55. The topological polar surface area (TPSA) is 77.1 Å². The van der Waals surface area contributed by atoms with Crippen molar-refractivity contribution in [3.63, 3.8) is 0 Å². The van der Waals surface area contributed by atoms with E-state index in [0.29, 0.717) is 32.6 Å². The molecule has 2 atom stereocenters. The molecule has 1 fully saturated rings. The molecule has 0 radical (unpaired) electrons. The molecule has 25 heavy (non-hydrogen) atoms. The lowest BCUT2D eigenvalue weighted by Crippen LogP contribution is -2.48. The number of ether oxygens (including phenoxy) is 3. The summed E-state index contributed by atoms with van der Waals surface area (Å²) in [6.07, 6.45) is 0.314. The Morgan fingerprint density at radius 2 is 2.04 bits per heavy atom. The number of likely N-dealkylation sites (N-methyl/N-ethyl adjacent to an activating group) is 1. The number of amides is 2. The number of carbonyl (C=O) groups is 2. The molecule has 1 saturated heterocycles. The highest BCUT2D eigenvalue weighted by molar-refractivity contribution is 5.80. The molecule has 138 valence electrons. The molecule has 1 heterocycles. The molecule has 0 spiro atoms. The van der Waals surface area contributed by atoms with Gasteiger partial charge in [0.1, 0.15) is 12.7 Å². The van der Waals surface area contributed by atoms with Crippen molar-refractivity contribution >= 4 is 12.0 Å². The van der Waals surface area contributed by atoms with E-state index < -0.39 is 12.2 Å². The van der Waals surface area contributed by atoms with Crippen molar-refractivity contribution in [3.8, 4) is 0 Å². The maximum absolute atomic E-state index is 12.2. The molecule has 2 rings (SSSR count). The maximum atomic E-state index is 12.2. The van der Waals surface area contributed by atoms with Gasteiger partial charge in [0.15, 0.2) is 0 Å². The van der Waals surface area contributed by atoms with E-state index in [4.69, 9.17) is 14.2 Å². The Balaban J connectivity index is 1.67. The van der Waals surface area contributed by atoms with Crippen LogP contribution in [0.4, 0.5) is 4.79 Å². The van der Waals surface area contributed by atoms with Crippen LogP contribution in [0.2, 0.25) is 0 Å². The van der Waals surface area contributed by atoms with Crippen LogP contribution in [-0.2, 0) is 25.6 Å². The van der Waals surface area contributed by atoms with Crippen LogP contribution in [0.1, 0.15) is 18.4 Å². The fourth-order valence-corrected chi connectivity index (χ4v) is 2.58. The molecular weight excluding hydrogens is 324 g/mol. The third-order valence-corrected chi connectivity index (χ3v) is 4.09. The van der Waals surface area contributed by atoms with Gasteiger partial charge in [-0.2, -0.15) is 0 Å². The Labute approximate surface area is 148 Å². The number of rotatable bonds is 7. The molecule has 1 aromatic rings. The van der Waals surface area contributed by atoms with Gasteiger partial charge in [-0.05, 0) is 18.4 Å². The lowest BCUT2D eigenvalue weighted by molar-refractivity contribution is -0.146. The Morgan fingerprint density at radius 3 is 2.68 bits per heavy atom. The number of methoxy groups -OCH3 is 1. The van der Waals surface area contributed by atoms with Crippen molar-refractivity contribution < 1.29 is 23.8 Å². The van der Waals surface area contributed by atoms with Crippen LogP contribution in [-0.4, -0.2) is 63.0 Å². The highest BCUT2D eigenvalue weighted by Gasteiger charge is 2.29. The molecule has 1 aliphatic rings. The van der Waals surface area contributed by atoms with Crippen molar-refractivity contribution in [3.05, 3.63) is 35.9 Å². The van der Waals surface area contributed by atoms with Gasteiger partial charge in [-0.15, -0.1) is 0 Å². The van der Waals surface area contributed by atoms with E-state index in [1.54, 1.807) is 19.1 Å². The van der Waals surface area contributed by atoms with Gasteiger partial charge in [-0.3, -0.25) is 4.79 Å². The zero-order chi connectivity index (χ0) is 18.1. The van der Waals surface area contributed by atoms with Crippen LogP contribution in [0.3, 0.4) is 0 Å². The highest BCUT2D eigenvalue weighted by Crippen LogP contribution is 2.16. The number of hydrogen-bond acceptors (Lipinski definition) is 5. The maximum Gasteiger partial charge on any atom is 0.407 e. The second-order valence-corrected chi connectivity index (χ2v) is 6.05. The molecule has 7 nitrogen and oxygen atoms in total. The van der Waals surface area contributed by atoms with Crippen molar-refractivity contribution in [2.45, 2.75) is 31.6 Å². The number of hydrogen-bond donors (Lipinski definition) is 1. The van der Waals surface area contributed by atoms with E-state index in [1.807, 2.05) is 30.3 Å². The van der Waals surface area contributed by atoms with Crippen LogP contribution >= 0.6 is 0 Å². The first-order valence-corrected chi connectivity index (χ1v) is 8.43. The van der Waals surface area contributed by atoms with Gasteiger partial charge >= 0.3 is 6.09 Å². The summed E-state index contributed by atoms with van der Waals surface area (Å²) >= 11 is 0. The molecule has 0 unspecified atom stereocenters. The third-order valence-electron chi connectivity index (χ3n) is 4.09. The van der Waals surface area contributed by atoms with Crippen LogP contribution in [0.25, 0.3) is 0 Å². The van der Waals surface area contributed by atoms with Gasteiger partial charge in [-0.25, -0.2) is 4.79 Å². The van der Waals surface area contributed by atoms with Crippen LogP contribution in [0.5, 0.6) is 0 Å². The van der Waals surface area contributed by atoms with E-state index in [-0.39, 0.29) is 18.6 Å². The van der Waals surface area contributed by atoms with E-state index in [0.717, 1.165) is 5.56 Å². The number of benzene rings is 1. The molecule has 1 N–H and O–H groups in total. The first-order chi connectivity index (χ1) is 12.1. The van der Waals surface area contributed by atoms with Crippen LogP contribution < -0.4 is 5.32 Å². The SMILES string of the molecule is COCCN(C)C(=O)[C@@H]1CC[C@@H](NC(=O)OCc2ccccc2)CO1. The predicted octanol–water partition coefficient (Wildman–Crippen LogP) is 1.57. The minimum Gasteiger partial charge on any atom is -0.445 e. The molecule has 2 amide bonds. The largest absolute Gasteiger partial charge is 0.445 e. The molecule has 0 saturated carbocycles. The molecule has 0 aromatic heterocycles. The molecule has 1 aromatic carbocycles. The van der Waals surface area contributed by atoms with Gasteiger partial charge in [0.2, 0.25) is 0 Å². The zero-order valence-electron chi connectivity index (χ0n) is 14.8. The van der Waals surface area contributed by atoms with Crippen LogP contribution in [0, 0.1) is 0 Å². The van der Waals surface area contributed by atoms with Crippen molar-refractivity contribution in [1.29, 1.82) is 0 Å². The van der Waals surface area contributed by atoms with Gasteiger partial charge < -0.3 is 24.4 Å². The van der Waals surface area contributed by atoms with Gasteiger partial charge in [0.05, 0.1) is 19.3 Å². The van der Waals surface area contributed by atoms with Crippen molar-refractivity contribution in [2.75, 3.05) is 33.9 Å². The minimum absolute atomic E-state index is 0.0536. The summed E-state index contributed by atoms with van der Waals surface area (Å²) in [5, 5.41) is 2.78. The summed E-state index contributed by atoms with van der Waals surface area (Å²) < 4.78 is 15.8. The fraction of sp³-hybridized carbons (Fsp3) is 0.556. The quantitative estimate of drug-likeness (QED) is 0.808. The summed E-state index contributed by atoms with van der Waals surface area (Å²) in [7, 11) is 3.33. The Bertz CT molecular complexity index is 544. The highest BCUT2D eigenvalue weighted by atomic mass is 16.5.